The number of thioether (sulfide) groups is 1. The molecule has 2 aromatic rings. The number of benzene rings is 1. The fraction of sp³-hybridized carbons (Fsp3) is 0.450. The molecule has 0 bridgehead atoms. The second-order valence-electron chi connectivity index (χ2n) is 5.97. The summed E-state index contributed by atoms with van der Waals surface area (Å²) in [4.78, 5) is 30.6. The van der Waals surface area contributed by atoms with Gasteiger partial charge in [0.25, 0.3) is 5.56 Å². The van der Waals surface area contributed by atoms with Crippen molar-refractivity contribution in [2.24, 2.45) is 0 Å². The van der Waals surface area contributed by atoms with E-state index in [1.165, 1.54) is 17.8 Å². The molecule has 1 unspecified atom stereocenters. The van der Waals surface area contributed by atoms with Crippen LogP contribution in [-0.2, 0) is 14.3 Å². The van der Waals surface area contributed by atoms with Crippen molar-refractivity contribution in [3.63, 3.8) is 0 Å². The predicted octanol–water partition coefficient (Wildman–Crippen LogP) is 3.72. The maximum Gasteiger partial charge on any atom is 0.305 e. The first-order chi connectivity index (χ1) is 13.1. The topological polar surface area (TPSA) is 81.3 Å². The normalized spacial score (nSPS) is 11.9. The zero-order valence-corrected chi connectivity index (χ0v) is 16.6. The van der Waals surface area contributed by atoms with Gasteiger partial charge in [-0.2, -0.15) is 0 Å². The average Bonchev–Trinajstić information content (AvgIpc) is 2.66. The molecule has 0 aliphatic heterocycles. The first kappa shape index (κ1) is 21.2. The van der Waals surface area contributed by atoms with E-state index in [0.717, 1.165) is 30.6 Å². The van der Waals surface area contributed by atoms with Crippen LogP contribution in [-0.4, -0.2) is 35.4 Å². The highest BCUT2D eigenvalue weighted by Crippen LogP contribution is 2.24. The van der Waals surface area contributed by atoms with Crippen LogP contribution in [0, 0.1) is 0 Å². The second-order valence-corrected chi connectivity index (χ2v) is 7.05. The molecule has 146 valence electrons. The molecule has 6 nitrogen and oxygen atoms in total. The molecule has 0 spiro atoms. The van der Waals surface area contributed by atoms with Crippen LogP contribution in [0.15, 0.2) is 46.3 Å². The molecule has 0 aliphatic carbocycles. The van der Waals surface area contributed by atoms with Gasteiger partial charge in [-0.15, -0.1) is 0 Å². The number of rotatable bonds is 11. The van der Waals surface area contributed by atoms with Crippen LogP contribution in [0.25, 0.3) is 0 Å². The number of carbonyl (C=O) groups is 1. The lowest BCUT2D eigenvalue weighted by Crippen LogP contribution is -2.14. The molecule has 1 aromatic carbocycles. The lowest BCUT2D eigenvalue weighted by molar-refractivity contribution is -0.143. The van der Waals surface area contributed by atoms with Gasteiger partial charge in [0.1, 0.15) is 6.10 Å². The van der Waals surface area contributed by atoms with Gasteiger partial charge >= 0.3 is 5.97 Å². The average molecular weight is 391 g/mol. The molecule has 0 aliphatic rings. The SMILES string of the molecule is CCOC(=O)CCCCCSc1nc(C(OC)c2ccccc2)cc(=O)[nH]1. The van der Waals surface area contributed by atoms with Crippen molar-refractivity contribution in [3.8, 4) is 0 Å². The Hall–Kier alpha value is -2.12. The quantitative estimate of drug-likeness (QED) is 0.273. The van der Waals surface area contributed by atoms with Crippen molar-refractivity contribution in [2.75, 3.05) is 19.5 Å². The summed E-state index contributed by atoms with van der Waals surface area (Å²) in [5.74, 6) is 0.674. The number of esters is 1. The first-order valence-electron chi connectivity index (χ1n) is 9.11. The van der Waals surface area contributed by atoms with Crippen LogP contribution in [0.1, 0.15) is 50.0 Å². The Bertz CT molecular complexity index is 764. The number of aromatic amines is 1. The zero-order chi connectivity index (χ0) is 19.5. The molecule has 0 amide bonds. The maximum absolute atomic E-state index is 12.0. The van der Waals surface area contributed by atoms with Crippen LogP contribution >= 0.6 is 11.8 Å². The lowest BCUT2D eigenvalue weighted by Gasteiger charge is -2.15. The number of hydrogen-bond donors (Lipinski definition) is 1. The minimum Gasteiger partial charge on any atom is -0.466 e. The van der Waals surface area contributed by atoms with E-state index in [2.05, 4.69) is 9.97 Å². The Labute approximate surface area is 163 Å². The van der Waals surface area contributed by atoms with Crippen molar-refractivity contribution in [3.05, 3.63) is 58.0 Å². The molecule has 0 radical (unpaired) electrons. The molecule has 7 heteroatoms. The lowest BCUT2D eigenvalue weighted by atomic mass is 10.1. The zero-order valence-electron chi connectivity index (χ0n) is 15.8. The summed E-state index contributed by atoms with van der Waals surface area (Å²) in [5, 5.41) is 0.584. The number of H-pyrrole nitrogens is 1. The van der Waals surface area contributed by atoms with Gasteiger partial charge in [0, 0.05) is 25.3 Å². The fourth-order valence-corrected chi connectivity index (χ4v) is 3.55. The van der Waals surface area contributed by atoms with Gasteiger partial charge in [0.05, 0.1) is 12.3 Å². The molecule has 0 fully saturated rings. The van der Waals surface area contributed by atoms with Crippen molar-refractivity contribution in [1.82, 2.24) is 9.97 Å². The Balaban J connectivity index is 1.89. The van der Waals surface area contributed by atoms with Gasteiger partial charge < -0.3 is 14.5 Å². The molecule has 27 heavy (non-hydrogen) atoms. The van der Waals surface area contributed by atoms with Crippen molar-refractivity contribution < 1.29 is 14.3 Å². The Morgan fingerprint density at radius 2 is 2.00 bits per heavy atom. The Morgan fingerprint density at radius 1 is 1.22 bits per heavy atom. The minimum absolute atomic E-state index is 0.143. The minimum atomic E-state index is -0.377. The van der Waals surface area contributed by atoms with E-state index in [9.17, 15) is 9.59 Å². The smallest absolute Gasteiger partial charge is 0.305 e. The molecule has 1 N–H and O–H groups in total. The van der Waals surface area contributed by atoms with Crippen molar-refractivity contribution >= 4 is 17.7 Å². The Kier molecular flexibility index (Phi) is 9.07. The van der Waals surface area contributed by atoms with E-state index in [1.54, 1.807) is 7.11 Å². The molecule has 1 atom stereocenters. The van der Waals surface area contributed by atoms with Crippen LogP contribution in [0.5, 0.6) is 0 Å². The number of aromatic nitrogens is 2. The van der Waals surface area contributed by atoms with Crippen LogP contribution in [0.4, 0.5) is 0 Å². The van der Waals surface area contributed by atoms with Crippen molar-refractivity contribution in [2.45, 2.75) is 43.9 Å². The van der Waals surface area contributed by atoms with Crippen LogP contribution in [0.3, 0.4) is 0 Å². The van der Waals surface area contributed by atoms with Gasteiger partial charge in [-0.05, 0) is 25.3 Å². The van der Waals surface area contributed by atoms with E-state index < -0.39 is 0 Å². The molecule has 0 saturated carbocycles. The summed E-state index contributed by atoms with van der Waals surface area (Å²) in [6.45, 7) is 2.23. The van der Waals surface area contributed by atoms with E-state index >= 15 is 0 Å². The molecule has 1 aromatic heterocycles. The van der Waals surface area contributed by atoms with Gasteiger partial charge in [-0.25, -0.2) is 4.98 Å². The van der Waals surface area contributed by atoms with Gasteiger partial charge in [0.2, 0.25) is 0 Å². The summed E-state index contributed by atoms with van der Waals surface area (Å²) >= 11 is 1.50. The highest BCUT2D eigenvalue weighted by molar-refractivity contribution is 7.99. The number of nitrogens with zero attached hydrogens (tertiary/aromatic N) is 1. The predicted molar refractivity (Wildman–Crippen MR) is 106 cm³/mol. The highest BCUT2D eigenvalue weighted by Gasteiger charge is 2.16. The Morgan fingerprint density at radius 3 is 2.70 bits per heavy atom. The number of nitrogens with one attached hydrogen (secondary N) is 1. The number of hydrogen-bond acceptors (Lipinski definition) is 6. The molecule has 1 heterocycles. The second kappa shape index (κ2) is 11.6. The molecule has 0 saturated heterocycles. The maximum atomic E-state index is 12.0. The van der Waals surface area contributed by atoms with E-state index in [-0.39, 0.29) is 17.6 Å². The number of unbranched alkanes of at least 4 members (excludes halogenated alkanes) is 2. The number of methoxy groups -OCH3 is 1. The van der Waals surface area contributed by atoms with Gasteiger partial charge in [-0.1, -0.05) is 48.5 Å². The summed E-state index contributed by atoms with van der Waals surface area (Å²) in [6, 6.07) is 11.2. The fourth-order valence-electron chi connectivity index (χ4n) is 2.66. The highest BCUT2D eigenvalue weighted by atomic mass is 32.2. The summed E-state index contributed by atoms with van der Waals surface area (Å²) in [6.07, 6.45) is 2.75. The van der Waals surface area contributed by atoms with E-state index in [4.69, 9.17) is 9.47 Å². The molecular formula is C20H26N2O4S. The van der Waals surface area contributed by atoms with E-state index in [1.807, 2.05) is 37.3 Å². The summed E-state index contributed by atoms with van der Waals surface area (Å²) in [7, 11) is 1.61. The largest absolute Gasteiger partial charge is 0.466 e. The summed E-state index contributed by atoms with van der Waals surface area (Å²) < 4.78 is 10.5. The standard InChI is InChI=1S/C20H26N2O4S/c1-3-26-18(24)12-8-5-9-13-27-20-21-16(14-17(23)22-20)19(25-2)15-10-6-4-7-11-15/h4,6-7,10-11,14,19H,3,5,8-9,12-13H2,1-2H3,(H,21,22,23). The van der Waals surface area contributed by atoms with E-state index in [0.29, 0.717) is 23.9 Å². The summed E-state index contributed by atoms with van der Waals surface area (Å²) in [5.41, 5.74) is 1.35. The third-order valence-corrected chi connectivity index (χ3v) is 4.88. The van der Waals surface area contributed by atoms with Crippen LogP contribution in [0.2, 0.25) is 0 Å². The van der Waals surface area contributed by atoms with Crippen molar-refractivity contribution in [1.29, 1.82) is 0 Å². The third kappa shape index (κ3) is 7.19. The number of ether oxygens (including phenoxy) is 2. The van der Waals surface area contributed by atoms with Crippen LogP contribution < -0.4 is 5.56 Å². The molecule has 2 rings (SSSR count). The monoisotopic (exact) mass is 390 g/mol. The van der Waals surface area contributed by atoms with Gasteiger partial charge in [0.15, 0.2) is 5.16 Å². The van der Waals surface area contributed by atoms with Gasteiger partial charge in [-0.3, -0.25) is 9.59 Å². The first-order valence-corrected chi connectivity index (χ1v) is 10.1. The molecular weight excluding hydrogens is 364 g/mol. The third-order valence-electron chi connectivity index (χ3n) is 3.92. The number of carbonyl (C=O) groups excluding carboxylic acids is 1.